The number of halogens is 3. The van der Waals surface area contributed by atoms with Gasteiger partial charge in [-0.1, -0.05) is 30.3 Å². The lowest BCUT2D eigenvalue weighted by molar-refractivity contribution is -0.175. The fourth-order valence-corrected chi connectivity index (χ4v) is 1.53. The zero-order valence-electron chi connectivity index (χ0n) is 10.1. The highest BCUT2D eigenvalue weighted by atomic mass is 19.4. The number of carbonyl (C=O) groups excluding carboxylic acids is 1. The number of amides is 1. The summed E-state index contributed by atoms with van der Waals surface area (Å²) in [5.41, 5.74) is 0.486. The molecule has 1 rings (SSSR count). The Labute approximate surface area is 112 Å². The molecule has 0 aliphatic carbocycles. The molecular formula is C12H12F3NO4. The number of aliphatic hydroxyl groups excluding tert-OH is 1. The lowest BCUT2D eigenvalue weighted by atomic mass is 10.0. The standard InChI is InChI=1S/C12H12F3NO4/c13-12(14,15)11(20)16-8(9(17)10(18)19)6-7-4-2-1-3-5-7/h1-5,8-9,17H,6H2,(H,16,20)(H,18,19)/t8-,9+/m1/s1. The molecule has 5 nitrogen and oxygen atoms in total. The van der Waals surface area contributed by atoms with E-state index in [9.17, 15) is 27.9 Å². The molecule has 0 aliphatic rings. The first-order valence-corrected chi connectivity index (χ1v) is 5.54. The minimum atomic E-state index is -5.15. The van der Waals surface area contributed by atoms with E-state index in [1.165, 1.54) is 5.32 Å². The molecule has 0 saturated carbocycles. The molecule has 0 aliphatic heterocycles. The average molecular weight is 291 g/mol. The van der Waals surface area contributed by atoms with Crippen LogP contribution in [-0.2, 0) is 16.0 Å². The summed E-state index contributed by atoms with van der Waals surface area (Å²) < 4.78 is 36.5. The minimum Gasteiger partial charge on any atom is -0.479 e. The van der Waals surface area contributed by atoms with E-state index in [0.717, 1.165) is 0 Å². The van der Waals surface area contributed by atoms with E-state index in [1.807, 2.05) is 0 Å². The molecule has 0 bridgehead atoms. The molecule has 0 aromatic heterocycles. The molecule has 3 N–H and O–H groups in total. The van der Waals surface area contributed by atoms with E-state index < -0.39 is 30.2 Å². The summed E-state index contributed by atoms with van der Waals surface area (Å²) in [6.07, 6.45) is -7.52. The third-order valence-electron chi connectivity index (χ3n) is 2.51. The van der Waals surface area contributed by atoms with Crippen LogP contribution in [0.15, 0.2) is 30.3 Å². The third kappa shape index (κ3) is 4.54. The SMILES string of the molecule is O=C(O)[C@@H](O)[C@@H](Cc1ccccc1)NC(=O)C(F)(F)F. The first-order chi connectivity index (χ1) is 9.21. The first kappa shape index (κ1) is 16.0. The number of nitrogens with one attached hydrogen (secondary N) is 1. The molecule has 0 unspecified atom stereocenters. The van der Waals surface area contributed by atoms with Crippen molar-refractivity contribution in [2.45, 2.75) is 24.7 Å². The summed E-state index contributed by atoms with van der Waals surface area (Å²) in [7, 11) is 0. The fraction of sp³-hybridized carbons (Fsp3) is 0.333. The molecule has 1 aromatic rings. The highest BCUT2D eigenvalue weighted by Gasteiger charge is 2.41. The normalized spacial score (nSPS) is 14.4. The van der Waals surface area contributed by atoms with Crippen molar-refractivity contribution in [3.63, 3.8) is 0 Å². The second-order valence-corrected chi connectivity index (χ2v) is 4.05. The number of hydrogen-bond acceptors (Lipinski definition) is 3. The number of carboxylic acid groups (broad SMARTS) is 1. The van der Waals surface area contributed by atoms with E-state index >= 15 is 0 Å². The predicted molar refractivity (Wildman–Crippen MR) is 61.8 cm³/mol. The van der Waals surface area contributed by atoms with Crippen molar-refractivity contribution in [1.29, 1.82) is 0 Å². The highest BCUT2D eigenvalue weighted by Crippen LogP contribution is 2.16. The molecule has 110 valence electrons. The number of alkyl halides is 3. The van der Waals surface area contributed by atoms with Gasteiger partial charge in [0.1, 0.15) is 0 Å². The number of hydrogen-bond donors (Lipinski definition) is 3. The number of aliphatic hydroxyl groups is 1. The van der Waals surface area contributed by atoms with Crippen LogP contribution < -0.4 is 5.32 Å². The van der Waals surface area contributed by atoms with E-state index in [1.54, 1.807) is 30.3 Å². The Kier molecular flexibility index (Phi) is 5.09. The molecule has 0 fully saturated rings. The predicted octanol–water partition coefficient (Wildman–Crippen LogP) is 0.722. The van der Waals surface area contributed by atoms with Crippen LogP contribution in [0.4, 0.5) is 13.2 Å². The van der Waals surface area contributed by atoms with Crippen molar-refractivity contribution >= 4 is 11.9 Å². The highest BCUT2D eigenvalue weighted by molar-refractivity contribution is 5.83. The molecule has 20 heavy (non-hydrogen) atoms. The molecule has 8 heteroatoms. The smallest absolute Gasteiger partial charge is 0.471 e. The number of carboxylic acids is 1. The van der Waals surface area contributed by atoms with Crippen molar-refractivity contribution in [3.8, 4) is 0 Å². The van der Waals surface area contributed by atoms with Crippen LogP contribution in [0.3, 0.4) is 0 Å². The minimum absolute atomic E-state index is 0.240. The number of aliphatic carboxylic acids is 1. The fourth-order valence-electron chi connectivity index (χ4n) is 1.53. The van der Waals surface area contributed by atoms with Gasteiger partial charge in [-0.2, -0.15) is 13.2 Å². The third-order valence-corrected chi connectivity index (χ3v) is 2.51. The molecule has 0 heterocycles. The maximum atomic E-state index is 12.2. The van der Waals surface area contributed by atoms with Crippen molar-refractivity contribution in [1.82, 2.24) is 5.32 Å². The van der Waals surface area contributed by atoms with Crippen LogP contribution in [0.2, 0.25) is 0 Å². The summed E-state index contributed by atoms with van der Waals surface area (Å²) in [4.78, 5) is 21.5. The van der Waals surface area contributed by atoms with Crippen LogP contribution in [-0.4, -0.2) is 40.4 Å². The summed E-state index contributed by atoms with van der Waals surface area (Å²) in [6, 6.07) is 6.38. The summed E-state index contributed by atoms with van der Waals surface area (Å²) in [5, 5.41) is 19.5. The number of benzene rings is 1. The van der Waals surface area contributed by atoms with Gasteiger partial charge in [0.15, 0.2) is 6.10 Å². The van der Waals surface area contributed by atoms with Crippen molar-refractivity contribution in [2.75, 3.05) is 0 Å². The van der Waals surface area contributed by atoms with Crippen molar-refractivity contribution in [2.24, 2.45) is 0 Å². The van der Waals surface area contributed by atoms with Crippen LogP contribution in [0.1, 0.15) is 5.56 Å². The Hall–Kier alpha value is -2.09. The Balaban J connectivity index is 2.86. The zero-order valence-corrected chi connectivity index (χ0v) is 10.1. The second-order valence-electron chi connectivity index (χ2n) is 4.05. The van der Waals surface area contributed by atoms with Crippen molar-refractivity contribution in [3.05, 3.63) is 35.9 Å². The molecular weight excluding hydrogens is 279 g/mol. The molecule has 0 radical (unpaired) electrons. The topological polar surface area (TPSA) is 86.6 Å². The number of carbonyl (C=O) groups is 2. The largest absolute Gasteiger partial charge is 0.479 e. The lowest BCUT2D eigenvalue weighted by Crippen LogP contribution is -2.51. The lowest BCUT2D eigenvalue weighted by Gasteiger charge is -2.22. The molecule has 1 amide bonds. The van der Waals surface area contributed by atoms with Gasteiger partial charge in [0, 0.05) is 0 Å². The van der Waals surface area contributed by atoms with E-state index in [2.05, 4.69) is 0 Å². The molecule has 1 aromatic carbocycles. The van der Waals surface area contributed by atoms with Crippen LogP contribution >= 0.6 is 0 Å². The van der Waals surface area contributed by atoms with E-state index in [0.29, 0.717) is 5.56 Å². The van der Waals surface area contributed by atoms with E-state index in [4.69, 9.17) is 5.11 Å². The van der Waals surface area contributed by atoms with Gasteiger partial charge in [0.2, 0.25) is 0 Å². The average Bonchev–Trinajstić information content (AvgIpc) is 2.37. The van der Waals surface area contributed by atoms with Gasteiger partial charge < -0.3 is 15.5 Å². The second kappa shape index (κ2) is 6.38. The maximum absolute atomic E-state index is 12.2. The zero-order chi connectivity index (χ0) is 15.3. The van der Waals surface area contributed by atoms with Gasteiger partial charge in [-0.15, -0.1) is 0 Å². The Morgan fingerprint density at radius 3 is 2.20 bits per heavy atom. The van der Waals surface area contributed by atoms with Gasteiger partial charge in [-0.25, -0.2) is 4.79 Å². The van der Waals surface area contributed by atoms with Crippen LogP contribution in [0, 0.1) is 0 Å². The Bertz CT molecular complexity index is 475. The van der Waals surface area contributed by atoms with Gasteiger partial charge in [0.05, 0.1) is 6.04 Å². The summed E-state index contributed by atoms with van der Waals surface area (Å²) in [6.45, 7) is 0. The first-order valence-electron chi connectivity index (χ1n) is 5.54. The van der Waals surface area contributed by atoms with Gasteiger partial charge in [-0.05, 0) is 12.0 Å². The summed E-state index contributed by atoms with van der Waals surface area (Å²) >= 11 is 0. The maximum Gasteiger partial charge on any atom is 0.471 e. The van der Waals surface area contributed by atoms with Crippen LogP contribution in [0.25, 0.3) is 0 Å². The van der Waals surface area contributed by atoms with Crippen LogP contribution in [0.5, 0.6) is 0 Å². The van der Waals surface area contributed by atoms with E-state index in [-0.39, 0.29) is 6.42 Å². The molecule has 0 spiro atoms. The Morgan fingerprint density at radius 1 is 1.20 bits per heavy atom. The Morgan fingerprint density at radius 2 is 1.75 bits per heavy atom. The van der Waals surface area contributed by atoms with Gasteiger partial charge in [-0.3, -0.25) is 4.79 Å². The van der Waals surface area contributed by atoms with Gasteiger partial charge in [0.25, 0.3) is 0 Å². The van der Waals surface area contributed by atoms with Crippen molar-refractivity contribution < 1.29 is 33.0 Å². The molecule has 2 atom stereocenters. The monoisotopic (exact) mass is 291 g/mol. The molecule has 0 saturated heterocycles. The summed E-state index contributed by atoms with van der Waals surface area (Å²) in [5.74, 6) is -4.01. The quantitative estimate of drug-likeness (QED) is 0.746. The van der Waals surface area contributed by atoms with Gasteiger partial charge >= 0.3 is 18.1 Å². The number of rotatable bonds is 5.